The van der Waals surface area contributed by atoms with E-state index in [0.717, 1.165) is 30.6 Å². The van der Waals surface area contributed by atoms with Crippen LogP contribution in [0.2, 0.25) is 0 Å². The first-order valence-electron chi connectivity index (χ1n) is 7.83. The van der Waals surface area contributed by atoms with Crippen molar-refractivity contribution in [3.05, 3.63) is 24.0 Å². The molecule has 0 unspecified atom stereocenters. The molecular formula is C17H23N3O. The van der Waals surface area contributed by atoms with Crippen LogP contribution < -0.4 is 4.90 Å². The molecule has 0 radical (unpaired) electrons. The quantitative estimate of drug-likeness (QED) is 0.920. The Morgan fingerprint density at radius 1 is 1.43 bits per heavy atom. The third-order valence-corrected chi connectivity index (χ3v) is 5.04. The highest BCUT2D eigenvalue weighted by atomic mass is 16.2. The van der Waals surface area contributed by atoms with Gasteiger partial charge in [0.2, 0.25) is 5.91 Å². The van der Waals surface area contributed by atoms with Crippen LogP contribution in [0, 0.1) is 16.7 Å². The lowest BCUT2D eigenvalue weighted by molar-refractivity contribution is -0.120. The van der Waals surface area contributed by atoms with Crippen LogP contribution in [0.4, 0.5) is 5.69 Å². The standard InChI is InChI=1S/C17H23N3O/c1-4-12-10-14(21)20(16(18)17(12,2)3)13-6-5-9-19-15(13)11-7-8-11/h5-6,9,11-12,18H,4,7-8,10H2,1-3H3/t12-/m0/s1. The molecule has 1 saturated heterocycles. The maximum Gasteiger partial charge on any atom is 0.232 e. The van der Waals surface area contributed by atoms with Gasteiger partial charge in [-0.2, -0.15) is 0 Å². The lowest BCUT2D eigenvalue weighted by Gasteiger charge is -2.44. The predicted molar refractivity (Wildman–Crippen MR) is 83.6 cm³/mol. The number of aromatic nitrogens is 1. The van der Waals surface area contributed by atoms with Crippen LogP contribution in [0.15, 0.2) is 18.3 Å². The van der Waals surface area contributed by atoms with Crippen molar-refractivity contribution in [1.29, 1.82) is 5.41 Å². The monoisotopic (exact) mass is 285 g/mol. The minimum absolute atomic E-state index is 0.0427. The molecule has 2 aliphatic rings. The molecule has 2 heterocycles. The smallest absolute Gasteiger partial charge is 0.232 e. The second-order valence-corrected chi connectivity index (χ2v) is 6.79. The lowest BCUT2D eigenvalue weighted by Crippen LogP contribution is -2.53. The number of nitrogens with zero attached hydrogens (tertiary/aromatic N) is 2. The predicted octanol–water partition coefficient (Wildman–Crippen LogP) is 3.73. The molecule has 1 N–H and O–H groups in total. The van der Waals surface area contributed by atoms with Crippen molar-refractivity contribution in [2.24, 2.45) is 11.3 Å². The molecule has 3 rings (SSSR count). The van der Waals surface area contributed by atoms with E-state index < -0.39 is 0 Å². The number of nitrogens with one attached hydrogen (secondary N) is 1. The van der Waals surface area contributed by atoms with Gasteiger partial charge in [0, 0.05) is 24.0 Å². The largest absolute Gasteiger partial charge is 0.287 e. The Labute approximate surface area is 126 Å². The molecule has 112 valence electrons. The molecule has 4 nitrogen and oxygen atoms in total. The minimum Gasteiger partial charge on any atom is -0.287 e. The number of hydrogen-bond donors (Lipinski definition) is 1. The topological polar surface area (TPSA) is 57.1 Å². The molecule has 1 saturated carbocycles. The van der Waals surface area contributed by atoms with E-state index in [9.17, 15) is 4.79 Å². The SMILES string of the molecule is CC[C@H]1CC(=O)N(c2cccnc2C2CC2)C(=N)C1(C)C. The fourth-order valence-electron chi connectivity index (χ4n) is 3.34. The average molecular weight is 285 g/mol. The third kappa shape index (κ3) is 2.27. The second-order valence-electron chi connectivity index (χ2n) is 6.79. The number of carbonyl (C=O) groups is 1. The van der Waals surface area contributed by atoms with E-state index in [2.05, 4.69) is 25.8 Å². The van der Waals surface area contributed by atoms with Crippen LogP contribution in [0.25, 0.3) is 0 Å². The van der Waals surface area contributed by atoms with Gasteiger partial charge in [0.25, 0.3) is 0 Å². The van der Waals surface area contributed by atoms with Gasteiger partial charge >= 0.3 is 0 Å². The van der Waals surface area contributed by atoms with E-state index in [4.69, 9.17) is 5.41 Å². The van der Waals surface area contributed by atoms with Gasteiger partial charge in [-0.25, -0.2) is 0 Å². The Hall–Kier alpha value is -1.71. The van der Waals surface area contributed by atoms with E-state index in [1.54, 1.807) is 11.1 Å². The number of amidine groups is 1. The molecule has 1 atom stereocenters. The van der Waals surface area contributed by atoms with Crippen molar-refractivity contribution in [3.8, 4) is 0 Å². The highest BCUT2D eigenvalue weighted by molar-refractivity contribution is 6.20. The summed E-state index contributed by atoms with van der Waals surface area (Å²) in [5, 5.41) is 8.59. The number of rotatable bonds is 3. The van der Waals surface area contributed by atoms with Crippen molar-refractivity contribution in [3.63, 3.8) is 0 Å². The Morgan fingerprint density at radius 2 is 2.14 bits per heavy atom. The first-order valence-corrected chi connectivity index (χ1v) is 7.83. The zero-order valence-electron chi connectivity index (χ0n) is 13.0. The van der Waals surface area contributed by atoms with E-state index >= 15 is 0 Å². The van der Waals surface area contributed by atoms with Crippen LogP contribution in [0.3, 0.4) is 0 Å². The highest BCUT2D eigenvalue weighted by Gasteiger charge is 2.45. The van der Waals surface area contributed by atoms with Crippen molar-refractivity contribution in [2.45, 2.75) is 52.4 Å². The maximum absolute atomic E-state index is 12.6. The molecule has 1 amide bonds. The van der Waals surface area contributed by atoms with Gasteiger partial charge in [0.05, 0.1) is 11.4 Å². The van der Waals surface area contributed by atoms with E-state index in [0.29, 0.717) is 18.2 Å². The fraction of sp³-hybridized carbons (Fsp3) is 0.588. The normalized spacial score (nSPS) is 25.3. The lowest BCUT2D eigenvalue weighted by atomic mass is 9.71. The Balaban J connectivity index is 2.02. The summed E-state index contributed by atoms with van der Waals surface area (Å²) in [5.74, 6) is 1.17. The van der Waals surface area contributed by atoms with Crippen LogP contribution >= 0.6 is 0 Å². The first-order chi connectivity index (χ1) is 9.96. The van der Waals surface area contributed by atoms with Crippen molar-refractivity contribution >= 4 is 17.4 Å². The highest BCUT2D eigenvalue weighted by Crippen LogP contribution is 2.46. The molecule has 0 aromatic carbocycles. The van der Waals surface area contributed by atoms with Gasteiger partial charge in [-0.3, -0.25) is 20.1 Å². The molecule has 0 bridgehead atoms. The number of amides is 1. The summed E-state index contributed by atoms with van der Waals surface area (Å²) in [4.78, 5) is 18.7. The van der Waals surface area contributed by atoms with Gasteiger partial charge in [-0.15, -0.1) is 0 Å². The summed E-state index contributed by atoms with van der Waals surface area (Å²) in [5.41, 5.74) is 1.54. The minimum atomic E-state index is -0.278. The molecule has 1 aliphatic carbocycles. The van der Waals surface area contributed by atoms with Crippen molar-refractivity contribution in [1.82, 2.24) is 4.98 Å². The Bertz CT molecular complexity index is 589. The molecule has 2 fully saturated rings. The Morgan fingerprint density at radius 3 is 2.76 bits per heavy atom. The van der Waals surface area contributed by atoms with Gasteiger partial charge in [0.1, 0.15) is 5.84 Å². The van der Waals surface area contributed by atoms with Crippen molar-refractivity contribution in [2.75, 3.05) is 4.90 Å². The van der Waals surface area contributed by atoms with Crippen LogP contribution in [0.5, 0.6) is 0 Å². The summed E-state index contributed by atoms with van der Waals surface area (Å²) in [6.07, 6.45) is 5.51. The number of anilines is 1. The molecular weight excluding hydrogens is 262 g/mol. The number of carbonyl (C=O) groups excluding carboxylic acids is 1. The Kier molecular flexibility index (Phi) is 3.34. The summed E-state index contributed by atoms with van der Waals surface area (Å²) < 4.78 is 0. The van der Waals surface area contributed by atoms with Gasteiger partial charge in [-0.05, 0) is 30.9 Å². The van der Waals surface area contributed by atoms with Crippen molar-refractivity contribution < 1.29 is 4.79 Å². The molecule has 4 heteroatoms. The summed E-state index contributed by atoms with van der Waals surface area (Å²) >= 11 is 0. The van der Waals surface area contributed by atoms with Crippen LogP contribution in [-0.4, -0.2) is 16.7 Å². The summed E-state index contributed by atoms with van der Waals surface area (Å²) in [6, 6.07) is 3.80. The van der Waals surface area contributed by atoms with E-state index in [1.165, 1.54) is 0 Å². The summed E-state index contributed by atoms with van der Waals surface area (Å²) in [6.45, 7) is 6.26. The van der Waals surface area contributed by atoms with Crippen LogP contribution in [0.1, 0.15) is 58.1 Å². The molecule has 1 aliphatic heterocycles. The van der Waals surface area contributed by atoms with E-state index in [1.807, 2.05) is 12.1 Å². The van der Waals surface area contributed by atoms with Gasteiger partial charge in [0.15, 0.2) is 0 Å². The number of pyridine rings is 1. The maximum atomic E-state index is 12.6. The third-order valence-electron chi connectivity index (χ3n) is 5.04. The number of hydrogen-bond acceptors (Lipinski definition) is 3. The first kappa shape index (κ1) is 14.2. The summed E-state index contributed by atoms with van der Waals surface area (Å²) in [7, 11) is 0. The van der Waals surface area contributed by atoms with Gasteiger partial charge < -0.3 is 0 Å². The zero-order chi connectivity index (χ0) is 15.2. The molecule has 1 aromatic rings. The van der Waals surface area contributed by atoms with E-state index in [-0.39, 0.29) is 17.2 Å². The molecule has 0 spiro atoms. The molecule has 21 heavy (non-hydrogen) atoms. The fourth-order valence-corrected chi connectivity index (χ4v) is 3.34. The molecule has 1 aromatic heterocycles. The zero-order valence-corrected chi connectivity index (χ0v) is 13.0. The number of piperidine rings is 1. The average Bonchev–Trinajstić information content (AvgIpc) is 3.28. The van der Waals surface area contributed by atoms with Gasteiger partial charge in [-0.1, -0.05) is 27.2 Å². The van der Waals surface area contributed by atoms with Crippen LogP contribution in [-0.2, 0) is 4.79 Å². The second kappa shape index (κ2) is 4.93.